The van der Waals surface area contributed by atoms with E-state index in [1.807, 2.05) is 12.1 Å². The van der Waals surface area contributed by atoms with Crippen LogP contribution < -0.4 is 11.1 Å². The van der Waals surface area contributed by atoms with Crippen LogP contribution in [-0.2, 0) is 17.8 Å². The first-order valence-corrected chi connectivity index (χ1v) is 7.25. The molecule has 6 nitrogen and oxygen atoms in total. The number of carbonyl (C=O) groups is 1. The van der Waals surface area contributed by atoms with E-state index in [9.17, 15) is 9.59 Å². The molecule has 2 aromatic carbocycles. The summed E-state index contributed by atoms with van der Waals surface area (Å²) in [6.07, 6.45) is 0.574. The van der Waals surface area contributed by atoms with Gasteiger partial charge in [0.15, 0.2) is 5.58 Å². The number of nitrogens with one attached hydrogen (secondary N) is 1. The van der Waals surface area contributed by atoms with E-state index in [1.165, 1.54) is 4.57 Å². The van der Waals surface area contributed by atoms with Gasteiger partial charge in [-0.2, -0.15) is 0 Å². The number of hydrogen-bond donors (Lipinski definition) is 2. The second-order valence-electron chi connectivity index (χ2n) is 5.14. The number of benzene rings is 2. The highest BCUT2D eigenvalue weighted by atomic mass is 16.4. The van der Waals surface area contributed by atoms with E-state index in [0.717, 1.165) is 5.56 Å². The van der Waals surface area contributed by atoms with Gasteiger partial charge in [0.2, 0.25) is 5.91 Å². The topological polar surface area (TPSA) is 84.5 Å². The third-order valence-corrected chi connectivity index (χ3v) is 3.51. The van der Waals surface area contributed by atoms with Gasteiger partial charge >= 0.3 is 5.76 Å². The van der Waals surface area contributed by atoms with Crippen molar-refractivity contribution in [2.75, 3.05) is 11.9 Å². The summed E-state index contributed by atoms with van der Waals surface area (Å²) in [6.45, 7) is -0.0313. The monoisotopic (exact) mass is 312 g/mol. The second kappa shape index (κ2) is 6.50. The van der Waals surface area contributed by atoms with Gasteiger partial charge in [-0.15, -0.1) is 0 Å². The molecule has 0 radical (unpaired) electrons. The van der Waals surface area contributed by atoms with Gasteiger partial charge in [0.1, 0.15) is 6.54 Å². The minimum absolute atomic E-state index is 0.0855. The Balaban J connectivity index is 1.73. The fraction of sp³-hybridized carbons (Fsp3) is 0.176. The predicted octanol–water partition coefficient (Wildman–Crippen LogP) is 1.77. The lowest BCUT2D eigenvalue weighted by atomic mass is 10.1. The smallest absolute Gasteiger partial charge is 0.408 e. The lowest BCUT2D eigenvalue weighted by molar-refractivity contribution is -0.116. The third kappa shape index (κ3) is 3.32. The Bertz CT molecular complexity index is 877. The SMILES string of the molecule is O=C(Cn1c(=O)oc2ccccc21)Nc1ccc(CCO)cc1. The van der Waals surface area contributed by atoms with E-state index in [4.69, 9.17) is 9.52 Å². The molecule has 0 saturated heterocycles. The first kappa shape index (κ1) is 15.1. The molecule has 1 heterocycles. The number of aliphatic hydroxyl groups excluding tert-OH is 1. The molecule has 3 rings (SSSR count). The molecule has 0 bridgehead atoms. The molecule has 0 aliphatic carbocycles. The summed E-state index contributed by atoms with van der Waals surface area (Å²) in [4.78, 5) is 24.0. The van der Waals surface area contributed by atoms with Crippen LogP contribution in [0.2, 0.25) is 0 Å². The molecule has 118 valence electrons. The summed E-state index contributed by atoms with van der Waals surface area (Å²) in [5.41, 5.74) is 2.67. The first-order valence-electron chi connectivity index (χ1n) is 7.25. The van der Waals surface area contributed by atoms with Crippen molar-refractivity contribution in [2.45, 2.75) is 13.0 Å². The maximum Gasteiger partial charge on any atom is 0.420 e. The second-order valence-corrected chi connectivity index (χ2v) is 5.14. The van der Waals surface area contributed by atoms with Crippen molar-refractivity contribution in [1.82, 2.24) is 4.57 Å². The number of aliphatic hydroxyl groups is 1. The zero-order chi connectivity index (χ0) is 16.2. The molecule has 6 heteroatoms. The van der Waals surface area contributed by atoms with E-state index in [-0.39, 0.29) is 19.1 Å². The van der Waals surface area contributed by atoms with Gasteiger partial charge in [-0.05, 0) is 36.2 Å². The van der Waals surface area contributed by atoms with Gasteiger partial charge in [0.05, 0.1) is 5.52 Å². The van der Waals surface area contributed by atoms with Crippen molar-refractivity contribution in [3.8, 4) is 0 Å². The summed E-state index contributed by atoms with van der Waals surface area (Å²) < 4.78 is 6.39. The third-order valence-electron chi connectivity index (χ3n) is 3.51. The van der Waals surface area contributed by atoms with E-state index in [2.05, 4.69) is 5.32 Å². The van der Waals surface area contributed by atoms with E-state index in [0.29, 0.717) is 23.2 Å². The quantitative estimate of drug-likeness (QED) is 0.752. The fourth-order valence-electron chi connectivity index (χ4n) is 2.39. The number of hydrogen-bond acceptors (Lipinski definition) is 4. The molecule has 0 spiro atoms. The van der Waals surface area contributed by atoms with Crippen LogP contribution in [0.5, 0.6) is 0 Å². The van der Waals surface area contributed by atoms with Crippen LogP contribution >= 0.6 is 0 Å². The average Bonchev–Trinajstić information content (AvgIpc) is 2.85. The van der Waals surface area contributed by atoms with Crippen LogP contribution in [0.25, 0.3) is 11.1 Å². The Labute approximate surface area is 132 Å². The highest BCUT2D eigenvalue weighted by Crippen LogP contribution is 2.13. The van der Waals surface area contributed by atoms with Gasteiger partial charge in [0.25, 0.3) is 0 Å². The number of aromatic nitrogens is 1. The number of nitrogens with zero attached hydrogens (tertiary/aromatic N) is 1. The zero-order valence-electron chi connectivity index (χ0n) is 12.4. The number of amides is 1. The minimum Gasteiger partial charge on any atom is -0.408 e. The van der Waals surface area contributed by atoms with Crippen LogP contribution in [0.3, 0.4) is 0 Å². The molecule has 0 fully saturated rings. The van der Waals surface area contributed by atoms with E-state index >= 15 is 0 Å². The lowest BCUT2D eigenvalue weighted by Crippen LogP contribution is -2.24. The van der Waals surface area contributed by atoms with Gasteiger partial charge < -0.3 is 14.8 Å². The standard InChI is InChI=1S/C17H16N2O4/c20-10-9-12-5-7-13(8-6-12)18-16(21)11-19-14-3-1-2-4-15(14)23-17(19)22/h1-8,20H,9-11H2,(H,18,21). The molecule has 1 amide bonds. The molecule has 0 atom stereocenters. The Morgan fingerprint density at radius 2 is 1.87 bits per heavy atom. The number of anilines is 1. The normalized spacial score (nSPS) is 10.8. The van der Waals surface area contributed by atoms with Crippen LogP contribution in [0.15, 0.2) is 57.7 Å². The Hall–Kier alpha value is -2.86. The Kier molecular flexibility index (Phi) is 4.25. The van der Waals surface area contributed by atoms with Gasteiger partial charge in [-0.1, -0.05) is 24.3 Å². The van der Waals surface area contributed by atoms with Crippen molar-refractivity contribution in [3.63, 3.8) is 0 Å². The average molecular weight is 312 g/mol. The van der Waals surface area contributed by atoms with Crippen molar-refractivity contribution < 1.29 is 14.3 Å². The van der Waals surface area contributed by atoms with Crippen molar-refractivity contribution in [1.29, 1.82) is 0 Å². The molecule has 0 saturated carbocycles. The molecule has 1 aromatic heterocycles. The molecule has 3 aromatic rings. The molecule has 0 aliphatic rings. The highest BCUT2D eigenvalue weighted by Gasteiger charge is 2.12. The molecule has 2 N–H and O–H groups in total. The summed E-state index contributed by atoms with van der Waals surface area (Å²) in [5, 5.41) is 11.6. The summed E-state index contributed by atoms with van der Waals surface area (Å²) in [5.74, 6) is -0.867. The minimum atomic E-state index is -0.556. The summed E-state index contributed by atoms with van der Waals surface area (Å²) in [6, 6.07) is 14.2. The number of oxazole rings is 1. The Morgan fingerprint density at radius 3 is 2.61 bits per heavy atom. The zero-order valence-corrected chi connectivity index (χ0v) is 12.4. The molecular weight excluding hydrogens is 296 g/mol. The number of para-hydroxylation sites is 2. The van der Waals surface area contributed by atoms with Gasteiger partial charge in [-0.25, -0.2) is 4.79 Å². The van der Waals surface area contributed by atoms with Crippen molar-refractivity contribution in [2.24, 2.45) is 0 Å². The van der Waals surface area contributed by atoms with Crippen molar-refractivity contribution in [3.05, 3.63) is 64.6 Å². The summed E-state index contributed by atoms with van der Waals surface area (Å²) in [7, 11) is 0. The Morgan fingerprint density at radius 1 is 1.13 bits per heavy atom. The maximum absolute atomic E-state index is 12.1. The first-order chi connectivity index (χ1) is 11.2. The van der Waals surface area contributed by atoms with Crippen LogP contribution in [0.4, 0.5) is 5.69 Å². The predicted molar refractivity (Wildman–Crippen MR) is 86.3 cm³/mol. The largest absolute Gasteiger partial charge is 0.420 e. The molecule has 0 aliphatic heterocycles. The van der Waals surface area contributed by atoms with E-state index < -0.39 is 5.76 Å². The van der Waals surface area contributed by atoms with Crippen LogP contribution in [0.1, 0.15) is 5.56 Å². The van der Waals surface area contributed by atoms with E-state index in [1.54, 1.807) is 36.4 Å². The van der Waals surface area contributed by atoms with Crippen molar-refractivity contribution >= 4 is 22.7 Å². The highest BCUT2D eigenvalue weighted by molar-refractivity contribution is 5.91. The van der Waals surface area contributed by atoms with Gasteiger partial charge in [0, 0.05) is 12.3 Å². The lowest BCUT2D eigenvalue weighted by Gasteiger charge is -2.06. The van der Waals surface area contributed by atoms with Crippen LogP contribution in [-0.4, -0.2) is 22.2 Å². The maximum atomic E-state index is 12.1. The number of rotatable bonds is 5. The van der Waals surface area contributed by atoms with Crippen LogP contribution in [0, 0.1) is 0 Å². The molecular formula is C17H16N2O4. The number of carbonyl (C=O) groups excluding carboxylic acids is 1. The summed E-state index contributed by atoms with van der Waals surface area (Å²) >= 11 is 0. The fourth-order valence-corrected chi connectivity index (χ4v) is 2.39. The van der Waals surface area contributed by atoms with Gasteiger partial charge in [-0.3, -0.25) is 9.36 Å². The number of fused-ring (bicyclic) bond motifs is 1. The molecule has 0 unspecified atom stereocenters. The molecule has 23 heavy (non-hydrogen) atoms.